The van der Waals surface area contributed by atoms with Crippen molar-refractivity contribution in [3.8, 4) is 0 Å². The van der Waals surface area contributed by atoms with E-state index in [-0.39, 0.29) is 10.3 Å². The number of hydrogen-bond acceptors (Lipinski definition) is 3. The van der Waals surface area contributed by atoms with Crippen LogP contribution in [0.1, 0.15) is 40.3 Å². The molecule has 3 nitrogen and oxygen atoms in total. The molecule has 1 atom stereocenters. The van der Waals surface area contributed by atoms with Gasteiger partial charge >= 0.3 is 0 Å². The highest BCUT2D eigenvalue weighted by Crippen LogP contribution is 2.28. The van der Waals surface area contributed by atoms with Crippen molar-refractivity contribution < 1.29 is 4.55 Å². The molecule has 108 valence electrons. The van der Waals surface area contributed by atoms with E-state index in [9.17, 15) is 4.55 Å². The zero-order valence-corrected chi connectivity index (χ0v) is 14.9. The van der Waals surface area contributed by atoms with Crippen LogP contribution in [-0.4, -0.2) is 31.2 Å². The van der Waals surface area contributed by atoms with Gasteiger partial charge in [0.2, 0.25) is 0 Å². The first-order chi connectivity index (χ1) is 8.54. The van der Waals surface area contributed by atoms with Crippen LogP contribution in [0.25, 0.3) is 0 Å². The van der Waals surface area contributed by atoms with E-state index in [1.807, 2.05) is 44.3 Å². The Hall–Kier alpha value is -0.100. The fourth-order valence-corrected chi connectivity index (χ4v) is 3.27. The van der Waals surface area contributed by atoms with Crippen LogP contribution < -0.4 is 0 Å². The van der Waals surface area contributed by atoms with Crippen LogP contribution in [-0.2, 0) is 17.8 Å². The van der Waals surface area contributed by atoms with Gasteiger partial charge in [0.15, 0.2) is 0 Å². The predicted octanol–water partition coefficient (Wildman–Crippen LogP) is 3.56. The van der Waals surface area contributed by atoms with Crippen molar-refractivity contribution in [2.45, 2.75) is 51.3 Å². The average Bonchev–Trinajstić information content (AvgIpc) is 2.28. The third kappa shape index (κ3) is 4.74. The third-order valence-electron chi connectivity index (χ3n) is 3.03. The van der Waals surface area contributed by atoms with Crippen molar-refractivity contribution in [2.75, 3.05) is 7.05 Å². The molecule has 1 heterocycles. The quantitative estimate of drug-likeness (QED) is 0.782. The Morgan fingerprint density at radius 3 is 2.26 bits per heavy atom. The van der Waals surface area contributed by atoms with Crippen molar-refractivity contribution in [1.82, 2.24) is 9.29 Å². The summed E-state index contributed by atoms with van der Waals surface area (Å²) in [7, 11) is 1.92. The maximum atomic E-state index is 12.5. The van der Waals surface area contributed by atoms with Crippen LogP contribution in [0.3, 0.4) is 0 Å². The standard InChI is InChI=1S/C14H23BrN2OS/c1-13(2,3)19(18)17(6)14(4,5)9-12-8-7-11(15)10-16-12/h7-8,10H,9H2,1-6H3. The van der Waals surface area contributed by atoms with Crippen LogP contribution in [0.5, 0.6) is 0 Å². The first-order valence-corrected chi connectivity index (χ1v) is 8.20. The van der Waals surface area contributed by atoms with E-state index in [0.29, 0.717) is 0 Å². The summed E-state index contributed by atoms with van der Waals surface area (Å²) in [4.78, 5) is 4.39. The van der Waals surface area contributed by atoms with Gasteiger partial charge in [-0.05, 0) is 62.7 Å². The van der Waals surface area contributed by atoms with E-state index in [2.05, 4.69) is 34.8 Å². The largest absolute Gasteiger partial charge is 0.597 e. The summed E-state index contributed by atoms with van der Waals surface area (Å²) in [5.41, 5.74) is 0.796. The highest BCUT2D eigenvalue weighted by molar-refractivity contribution is 9.10. The molecule has 0 aliphatic heterocycles. The van der Waals surface area contributed by atoms with E-state index in [0.717, 1.165) is 16.6 Å². The third-order valence-corrected chi connectivity index (χ3v) is 5.54. The van der Waals surface area contributed by atoms with Crippen molar-refractivity contribution in [3.05, 3.63) is 28.5 Å². The number of rotatable bonds is 4. The second kappa shape index (κ2) is 6.12. The highest BCUT2D eigenvalue weighted by atomic mass is 79.9. The molecule has 1 aromatic heterocycles. The van der Waals surface area contributed by atoms with Gasteiger partial charge in [-0.25, -0.2) is 0 Å². The molecule has 0 spiro atoms. The number of aromatic nitrogens is 1. The number of hydrogen-bond donors (Lipinski definition) is 0. The lowest BCUT2D eigenvalue weighted by Crippen LogP contribution is -2.52. The first-order valence-electron chi connectivity index (χ1n) is 6.30. The minimum atomic E-state index is -1.03. The SMILES string of the molecule is CN([S+]([O-])C(C)(C)C)C(C)(C)Cc1ccc(Br)cn1. The molecule has 0 saturated heterocycles. The predicted molar refractivity (Wildman–Crippen MR) is 85.4 cm³/mol. The van der Waals surface area contributed by atoms with Crippen LogP contribution in [0, 0.1) is 0 Å². The molecule has 0 saturated carbocycles. The van der Waals surface area contributed by atoms with Crippen LogP contribution >= 0.6 is 15.9 Å². The summed E-state index contributed by atoms with van der Waals surface area (Å²) in [5, 5.41) is 0. The second-order valence-corrected chi connectivity index (χ2v) is 9.50. The molecule has 5 heteroatoms. The molecular formula is C14H23BrN2OS. The van der Waals surface area contributed by atoms with Crippen LogP contribution in [0.4, 0.5) is 0 Å². The van der Waals surface area contributed by atoms with E-state index >= 15 is 0 Å². The monoisotopic (exact) mass is 346 g/mol. The zero-order valence-electron chi connectivity index (χ0n) is 12.5. The molecule has 0 radical (unpaired) electrons. The number of halogens is 1. The summed E-state index contributed by atoms with van der Waals surface area (Å²) in [6.07, 6.45) is 2.56. The van der Waals surface area contributed by atoms with Crippen LogP contribution in [0.15, 0.2) is 22.8 Å². The van der Waals surface area contributed by atoms with Gasteiger partial charge < -0.3 is 4.55 Å². The molecule has 1 rings (SSSR count). The Morgan fingerprint density at radius 1 is 1.26 bits per heavy atom. The topological polar surface area (TPSA) is 39.2 Å². The Labute approximate surface area is 128 Å². The van der Waals surface area contributed by atoms with Gasteiger partial charge in [-0.2, -0.15) is 0 Å². The highest BCUT2D eigenvalue weighted by Gasteiger charge is 2.39. The van der Waals surface area contributed by atoms with Crippen molar-refractivity contribution >= 4 is 27.3 Å². The summed E-state index contributed by atoms with van der Waals surface area (Å²) < 4.78 is 15.1. The molecule has 0 aliphatic rings. The number of likely N-dealkylation sites (N-methyl/N-ethyl adjacent to an activating group) is 1. The smallest absolute Gasteiger partial charge is 0.137 e. The zero-order chi connectivity index (χ0) is 14.8. The fraction of sp³-hybridized carbons (Fsp3) is 0.643. The molecule has 0 N–H and O–H groups in total. The van der Waals surface area contributed by atoms with Gasteiger partial charge in [-0.1, -0.05) is 0 Å². The molecule has 19 heavy (non-hydrogen) atoms. The summed E-state index contributed by atoms with van der Waals surface area (Å²) in [6.45, 7) is 10.2. The van der Waals surface area contributed by atoms with E-state index in [1.54, 1.807) is 6.20 Å². The maximum Gasteiger partial charge on any atom is 0.137 e. The lowest BCUT2D eigenvalue weighted by atomic mass is 9.98. The molecular weight excluding hydrogens is 324 g/mol. The van der Waals surface area contributed by atoms with Crippen molar-refractivity contribution in [1.29, 1.82) is 0 Å². The Kier molecular flexibility index (Phi) is 5.46. The van der Waals surface area contributed by atoms with Crippen molar-refractivity contribution in [3.63, 3.8) is 0 Å². The van der Waals surface area contributed by atoms with Crippen molar-refractivity contribution in [2.24, 2.45) is 0 Å². The molecule has 1 aromatic rings. The number of nitrogens with zero attached hydrogens (tertiary/aromatic N) is 2. The lowest BCUT2D eigenvalue weighted by Gasteiger charge is -2.39. The Bertz CT molecular complexity index is 414. The average molecular weight is 347 g/mol. The van der Waals surface area contributed by atoms with Gasteiger partial charge in [-0.3, -0.25) is 4.98 Å². The normalized spacial score (nSPS) is 14.8. The van der Waals surface area contributed by atoms with Gasteiger partial charge in [0.25, 0.3) is 0 Å². The van der Waals surface area contributed by atoms with Crippen LogP contribution in [0.2, 0.25) is 0 Å². The Morgan fingerprint density at radius 2 is 1.84 bits per heavy atom. The molecule has 0 bridgehead atoms. The molecule has 0 amide bonds. The van der Waals surface area contributed by atoms with E-state index < -0.39 is 11.4 Å². The summed E-state index contributed by atoms with van der Waals surface area (Å²) in [5.74, 6) is 0. The summed E-state index contributed by atoms with van der Waals surface area (Å²) >= 11 is 2.35. The lowest BCUT2D eigenvalue weighted by molar-refractivity contribution is 0.255. The fourth-order valence-electron chi connectivity index (χ4n) is 1.70. The molecule has 0 aliphatic carbocycles. The molecule has 0 aromatic carbocycles. The van der Waals surface area contributed by atoms with Gasteiger partial charge in [-0.15, -0.1) is 4.31 Å². The van der Waals surface area contributed by atoms with E-state index in [4.69, 9.17) is 0 Å². The van der Waals surface area contributed by atoms with Gasteiger partial charge in [0, 0.05) is 41.2 Å². The summed E-state index contributed by atoms with van der Waals surface area (Å²) in [6, 6.07) is 3.98. The number of pyridine rings is 1. The molecule has 1 unspecified atom stereocenters. The first kappa shape index (κ1) is 17.0. The van der Waals surface area contributed by atoms with Gasteiger partial charge in [0.05, 0.1) is 5.54 Å². The van der Waals surface area contributed by atoms with Gasteiger partial charge in [0.1, 0.15) is 4.75 Å². The minimum Gasteiger partial charge on any atom is -0.597 e. The second-order valence-electron chi connectivity index (χ2n) is 6.32. The van der Waals surface area contributed by atoms with E-state index in [1.165, 1.54) is 0 Å². The Balaban J connectivity index is 2.83. The molecule has 0 fully saturated rings. The minimum absolute atomic E-state index is 0.209. The maximum absolute atomic E-state index is 12.5.